The SMILES string of the molecule is COC(=O)c1sccc1S(=O)(=O)Oc1ccc(C)c2c1C(=O)C[C@H]2C. The monoisotopic (exact) mass is 380 g/mol. The number of thiophene rings is 1. The van der Waals surface area contributed by atoms with E-state index in [4.69, 9.17) is 4.18 Å². The number of rotatable bonds is 4. The van der Waals surface area contributed by atoms with Crippen LogP contribution in [-0.2, 0) is 14.9 Å². The Morgan fingerprint density at radius 1 is 1.28 bits per heavy atom. The molecule has 0 fully saturated rings. The van der Waals surface area contributed by atoms with E-state index in [0.29, 0.717) is 12.0 Å². The molecular formula is C17H16O6S2. The van der Waals surface area contributed by atoms with Crippen LogP contribution >= 0.6 is 11.3 Å². The number of fused-ring (bicyclic) bond motifs is 1. The molecule has 0 N–H and O–H groups in total. The second-order valence-corrected chi connectivity index (χ2v) is 8.27. The van der Waals surface area contributed by atoms with Gasteiger partial charge < -0.3 is 8.92 Å². The quantitative estimate of drug-likeness (QED) is 0.597. The number of ketones is 1. The summed E-state index contributed by atoms with van der Waals surface area (Å²) in [6.45, 7) is 3.80. The largest absolute Gasteiger partial charge is 0.465 e. The molecule has 1 aromatic heterocycles. The molecule has 25 heavy (non-hydrogen) atoms. The van der Waals surface area contributed by atoms with Crippen LogP contribution in [-0.4, -0.2) is 27.3 Å². The Morgan fingerprint density at radius 3 is 2.68 bits per heavy atom. The van der Waals surface area contributed by atoms with Gasteiger partial charge in [0.05, 0.1) is 12.7 Å². The number of carbonyl (C=O) groups is 2. The topological polar surface area (TPSA) is 86.7 Å². The van der Waals surface area contributed by atoms with Crippen molar-refractivity contribution >= 4 is 33.2 Å². The van der Waals surface area contributed by atoms with E-state index in [9.17, 15) is 18.0 Å². The molecule has 0 unspecified atom stereocenters. The zero-order valence-corrected chi connectivity index (χ0v) is 15.5. The van der Waals surface area contributed by atoms with Crippen LogP contribution in [0.3, 0.4) is 0 Å². The van der Waals surface area contributed by atoms with Crippen LogP contribution < -0.4 is 4.18 Å². The first-order valence-electron chi connectivity index (χ1n) is 7.53. The standard InChI is InChI=1S/C17H16O6S2/c1-9-4-5-12(15-11(18)8-10(2)14(9)15)23-25(20,21)13-6-7-24-16(13)17(19)22-3/h4-7,10H,8H2,1-3H3/t10-/m1/s1. The third-order valence-corrected chi connectivity index (χ3v) is 6.46. The Bertz CT molecular complexity index is 971. The van der Waals surface area contributed by atoms with E-state index >= 15 is 0 Å². The molecule has 0 radical (unpaired) electrons. The number of aryl methyl sites for hydroxylation is 1. The number of esters is 1. The van der Waals surface area contributed by atoms with Crippen molar-refractivity contribution < 1.29 is 26.9 Å². The maximum Gasteiger partial charge on any atom is 0.349 e. The Balaban J connectivity index is 2.06. The average Bonchev–Trinajstić information content (AvgIpc) is 3.15. The number of methoxy groups -OCH3 is 1. The van der Waals surface area contributed by atoms with E-state index in [0.717, 1.165) is 22.5 Å². The Labute approximate surface area is 149 Å². The van der Waals surface area contributed by atoms with Crippen molar-refractivity contribution in [3.63, 3.8) is 0 Å². The Morgan fingerprint density at radius 2 is 2.00 bits per heavy atom. The van der Waals surface area contributed by atoms with Crippen molar-refractivity contribution in [3.05, 3.63) is 45.1 Å². The number of hydrogen-bond donors (Lipinski definition) is 0. The predicted molar refractivity (Wildman–Crippen MR) is 92.0 cm³/mol. The molecule has 1 atom stereocenters. The molecule has 0 bridgehead atoms. The summed E-state index contributed by atoms with van der Waals surface area (Å²) in [5, 5.41) is 1.47. The van der Waals surface area contributed by atoms with Crippen molar-refractivity contribution in [2.75, 3.05) is 7.11 Å². The molecule has 132 valence electrons. The molecule has 1 aliphatic rings. The van der Waals surface area contributed by atoms with Gasteiger partial charge in [-0.2, -0.15) is 8.42 Å². The highest BCUT2D eigenvalue weighted by Crippen LogP contribution is 2.41. The lowest BCUT2D eigenvalue weighted by Gasteiger charge is -2.13. The molecule has 0 saturated heterocycles. The summed E-state index contributed by atoms with van der Waals surface area (Å²) in [6, 6.07) is 4.49. The predicted octanol–water partition coefficient (Wildman–Crippen LogP) is 3.30. The molecule has 6 nitrogen and oxygen atoms in total. The fraction of sp³-hybridized carbons (Fsp3) is 0.294. The van der Waals surface area contributed by atoms with Crippen LogP contribution in [0, 0.1) is 6.92 Å². The molecule has 0 spiro atoms. The summed E-state index contributed by atoms with van der Waals surface area (Å²) in [5.41, 5.74) is 2.05. The van der Waals surface area contributed by atoms with E-state index in [1.54, 1.807) is 6.07 Å². The van der Waals surface area contributed by atoms with E-state index in [1.165, 1.54) is 24.6 Å². The van der Waals surface area contributed by atoms with Gasteiger partial charge in [0.2, 0.25) is 0 Å². The second kappa shape index (κ2) is 6.27. The van der Waals surface area contributed by atoms with E-state index in [-0.39, 0.29) is 27.2 Å². The van der Waals surface area contributed by atoms with E-state index in [1.807, 2.05) is 13.8 Å². The summed E-state index contributed by atoms with van der Waals surface area (Å²) in [6.07, 6.45) is 0.322. The molecule has 1 aliphatic carbocycles. The van der Waals surface area contributed by atoms with Crippen LogP contribution in [0.15, 0.2) is 28.5 Å². The van der Waals surface area contributed by atoms with Gasteiger partial charge in [-0.15, -0.1) is 11.3 Å². The third-order valence-electron chi connectivity index (χ3n) is 4.16. The van der Waals surface area contributed by atoms with Crippen LogP contribution in [0.5, 0.6) is 5.75 Å². The van der Waals surface area contributed by atoms with Crippen molar-refractivity contribution in [2.45, 2.75) is 31.1 Å². The van der Waals surface area contributed by atoms with Crippen LogP contribution in [0.1, 0.15) is 50.4 Å². The third kappa shape index (κ3) is 2.96. The molecule has 0 aliphatic heterocycles. The van der Waals surface area contributed by atoms with Crippen molar-refractivity contribution in [1.82, 2.24) is 0 Å². The van der Waals surface area contributed by atoms with Crippen molar-refractivity contribution in [3.8, 4) is 5.75 Å². The van der Waals surface area contributed by atoms with Gasteiger partial charge >= 0.3 is 16.1 Å². The van der Waals surface area contributed by atoms with Crippen LogP contribution in [0.2, 0.25) is 0 Å². The molecule has 8 heteroatoms. The summed E-state index contributed by atoms with van der Waals surface area (Å²) in [7, 11) is -3.10. The van der Waals surface area contributed by atoms with Crippen molar-refractivity contribution in [1.29, 1.82) is 0 Å². The maximum atomic E-state index is 12.6. The lowest BCUT2D eigenvalue weighted by Crippen LogP contribution is -2.15. The van der Waals surface area contributed by atoms with Crippen LogP contribution in [0.4, 0.5) is 0 Å². The van der Waals surface area contributed by atoms with Gasteiger partial charge in [0, 0.05) is 6.42 Å². The fourth-order valence-corrected chi connectivity index (χ4v) is 5.33. The number of benzene rings is 1. The zero-order valence-electron chi connectivity index (χ0n) is 13.9. The van der Waals surface area contributed by atoms with Crippen LogP contribution in [0.25, 0.3) is 0 Å². The summed E-state index contributed by atoms with van der Waals surface area (Å²) in [4.78, 5) is 23.7. The first-order valence-corrected chi connectivity index (χ1v) is 9.82. The van der Waals surface area contributed by atoms with Gasteiger partial charge in [0.1, 0.15) is 9.77 Å². The Kier molecular flexibility index (Phi) is 4.42. The average molecular weight is 380 g/mol. The molecule has 0 saturated carbocycles. The van der Waals surface area contributed by atoms with Gasteiger partial charge in [0.25, 0.3) is 0 Å². The molecular weight excluding hydrogens is 364 g/mol. The van der Waals surface area contributed by atoms with Gasteiger partial charge in [0.15, 0.2) is 11.5 Å². The first-order chi connectivity index (χ1) is 11.8. The normalized spacial score (nSPS) is 16.6. The Hall–Kier alpha value is -2.19. The number of hydrogen-bond acceptors (Lipinski definition) is 7. The van der Waals surface area contributed by atoms with Gasteiger partial charge in [-0.1, -0.05) is 13.0 Å². The number of ether oxygens (including phenoxy) is 1. The summed E-state index contributed by atoms with van der Waals surface area (Å²) < 4.78 is 35.1. The highest BCUT2D eigenvalue weighted by Gasteiger charge is 2.34. The van der Waals surface area contributed by atoms with Gasteiger partial charge in [-0.3, -0.25) is 4.79 Å². The lowest BCUT2D eigenvalue weighted by molar-refractivity contribution is 0.0602. The smallest absolute Gasteiger partial charge is 0.349 e. The first kappa shape index (κ1) is 17.6. The molecule has 0 amide bonds. The van der Waals surface area contributed by atoms with E-state index < -0.39 is 16.1 Å². The molecule has 3 rings (SSSR count). The lowest BCUT2D eigenvalue weighted by atomic mass is 9.98. The van der Waals surface area contributed by atoms with Gasteiger partial charge in [-0.25, -0.2) is 4.79 Å². The highest BCUT2D eigenvalue weighted by molar-refractivity contribution is 7.87. The van der Waals surface area contributed by atoms with Gasteiger partial charge in [-0.05, 0) is 41.5 Å². The zero-order chi connectivity index (χ0) is 18.4. The van der Waals surface area contributed by atoms with E-state index in [2.05, 4.69) is 4.74 Å². The fourth-order valence-electron chi connectivity index (χ4n) is 3.08. The number of carbonyl (C=O) groups excluding carboxylic acids is 2. The minimum Gasteiger partial charge on any atom is -0.465 e. The highest BCUT2D eigenvalue weighted by atomic mass is 32.2. The number of Topliss-reactive ketones (excluding diaryl/α,β-unsaturated/α-hetero) is 1. The minimum absolute atomic E-state index is 0.00281. The maximum absolute atomic E-state index is 12.6. The molecule has 2 aromatic rings. The molecule has 1 heterocycles. The van der Waals surface area contributed by atoms with Crippen molar-refractivity contribution in [2.24, 2.45) is 0 Å². The summed E-state index contributed by atoms with van der Waals surface area (Å²) >= 11 is 0.948. The second-order valence-electron chi connectivity index (χ2n) is 5.84. The minimum atomic E-state index is -4.27. The molecule has 1 aromatic carbocycles. The summed E-state index contributed by atoms with van der Waals surface area (Å²) in [5.74, 6) is -0.886.